The molecule has 33 heavy (non-hydrogen) atoms. The summed E-state index contributed by atoms with van der Waals surface area (Å²) in [6.45, 7) is 4.04. The minimum atomic E-state index is -3.85. The van der Waals surface area contributed by atoms with E-state index in [0.717, 1.165) is 9.87 Å². The number of sulfonamides is 1. The molecule has 182 valence electrons. The molecular formula is C23H32N2O7S. The molecule has 0 aliphatic heterocycles. The lowest BCUT2D eigenvalue weighted by Crippen LogP contribution is -2.39. The number of carbonyl (C=O) groups is 1. The van der Waals surface area contributed by atoms with Crippen molar-refractivity contribution >= 4 is 15.9 Å². The van der Waals surface area contributed by atoms with Crippen LogP contribution >= 0.6 is 0 Å². The van der Waals surface area contributed by atoms with Gasteiger partial charge in [-0.25, -0.2) is 8.42 Å². The van der Waals surface area contributed by atoms with Gasteiger partial charge >= 0.3 is 0 Å². The first kappa shape index (κ1) is 26.3. The number of likely N-dealkylation sites (N-methyl/N-ethyl adjacent to an activating group) is 2. The Morgan fingerprint density at radius 2 is 1.55 bits per heavy atom. The second-order valence-electron chi connectivity index (χ2n) is 7.40. The van der Waals surface area contributed by atoms with Gasteiger partial charge in [0.05, 0.1) is 39.4 Å². The molecule has 0 bridgehead atoms. The molecule has 0 spiro atoms. The zero-order valence-electron chi connectivity index (χ0n) is 20.2. The molecule has 0 aliphatic rings. The molecule has 0 heterocycles. The van der Waals surface area contributed by atoms with E-state index in [0.29, 0.717) is 35.2 Å². The van der Waals surface area contributed by atoms with Gasteiger partial charge in [-0.1, -0.05) is 0 Å². The predicted octanol–water partition coefficient (Wildman–Crippen LogP) is 2.70. The molecule has 0 N–H and O–H groups in total. The van der Waals surface area contributed by atoms with Crippen molar-refractivity contribution in [3.8, 4) is 23.0 Å². The molecule has 0 unspecified atom stereocenters. The van der Waals surface area contributed by atoms with Gasteiger partial charge in [-0.2, -0.15) is 4.31 Å². The van der Waals surface area contributed by atoms with Gasteiger partial charge in [0.2, 0.25) is 21.7 Å². The molecule has 0 radical (unpaired) electrons. The third-order valence-electron chi connectivity index (χ3n) is 5.08. The molecule has 0 aromatic heterocycles. The second-order valence-corrected chi connectivity index (χ2v) is 9.45. The number of hydrogen-bond acceptors (Lipinski definition) is 7. The predicted molar refractivity (Wildman–Crippen MR) is 125 cm³/mol. The maximum atomic E-state index is 13.0. The number of hydrogen-bond donors (Lipinski definition) is 0. The zero-order valence-corrected chi connectivity index (χ0v) is 21.0. The number of benzene rings is 2. The highest BCUT2D eigenvalue weighted by atomic mass is 32.2. The van der Waals surface area contributed by atoms with Crippen LogP contribution in [0.25, 0.3) is 0 Å². The molecule has 0 aliphatic carbocycles. The fourth-order valence-corrected chi connectivity index (χ4v) is 4.47. The SMILES string of the molecule is CCOc1ccc(S(=O)(=O)N(C)CC(=O)N(C)Cc2cc(OC)c(OC)c(OC)c2)cc1C. The average Bonchev–Trinajstić information content (AvgIpc) is 2.79. The highest BCUT2D eigenvalue weighted by Gasteiger charge is 2.25. The first-order valence-electron chi connectivity index (χ1n) is 10.3. The van der Waals surface area contributed by atoms with Crippen molar-refractivity contribution in [2.24, 2.45) is 0 Å². The van der Waals surface area contributed by atoms with Crippen LogP contribution in [-0.2, 0) is 21.4 Å². The van der Waals surface area contributed by atoms with E-state index in [-0.39, 0.29) is 23.9 Å². The van der Waals surface area contributed by atoms with E-state index < -0.39 is 10.0 Å². The molecule has 1 amide bonds. The van der Waals surface area contributed by atoms with Crippen LogP contribution in [0.1, 0.15) is 18.1 Å². The molecule has 0 saturated carbocycles. The van der Waals surface area contributed by atoms with Gasteiger partial charge in [-0.3, -0.25) is 4.79 Å². The quantitative estimate of drug-likeness (QED) is 0.488. The van der Waals surface area contributed by atoms with Crippen LogP contribution in [0, 0.1) is 6.92 Å². The third kappa shape index (κ3) is 6.08. The maximum Gasteiger partial charge on any atom is 0.243 e. The number of carbonyl (C=O) groups excluding carboxylic acids is 1. The number of ether oxygens (including phenoxy) is 4. The molecule has 0 atom stereocenters. The van der Waals surface area contributed by atoms with Gasteiger partial charge in [-0.15, -0.1) is 0 Å². The first-order valence-corrected chi connectivity index (χ1v) is 11.8. The summed E-state index contributed by atoms with van der Waals surface area (Å²) in [5, 5.41) is 0. The fraction of sp³-hybridized carbons (Fsp3) is 0.435. The normalized spacial score (nSPS) is 11.3. The molecular weight excluding hydrogens is 448 g/mol. The molecule has 2 rings (SSSR count). The molecule has 2 aromatic rings. The van der Waals surface area contributed by atoms with Crippen molar-refractivity contribution in [3.63, 3.8) is 0 Å². The molecule has 2 aromatic carbocycles. The van der Waals surface area contributed by atoms with Crippen LogP contribution in [0.3, 0.4) is 0 Å². The first-order chi connectivity index (χ1) is 15.6. The van der Waals surface area contributed by atoms with Crippen LogP contribution in [0.15, 0.2) is 35.2 Å². The van der Waals surface area contributed by atoms with E-state index in [1.54, 1.807) is 38.2 Å². The largest absolute Gasteiger partial charge is 0.494 e. The summed E-state index contributed by atoms with van der Waals surface area (Å²) in [5.41, 5.74) is 1.45. The maximum absolute atomic E-state index is 13.0. The number of aryl methyl sites for hydroxylation is 1. The lowest BCUT2D eigenvalue weighted by Gasteiger charge is -2.23. The number of nitrogens with zero attached hydrogens (tertiary/aromatic N) is 2. The van der Waals surface area contributed by atoms with E-state index in [9.17, 15) is 13.2 Å². The van der Waals surface area contributed by atoms with Gasteiger partial charge < -0.3 is 23.8 Å². The van der Waals surface area contributed by atoms with Crippen LogP contribution in [-0.4, -0.2) is 72.1 Å². The number of methoxy groups -OCH3 is 3. The smallest absolute Gasteiger partial charge is 0.243 e. The van der Waals surface area contributed by atoms with Crippen molar-refractivity contribution in [2.75, 3.05) is 48.6 Å². The Bertz CT molecular complexity index is 1060. The highest BCUT2D eigenvalue weighted by Crippen LogP contribution is 2.38. The van der Waals surface area contributed by atoms with Crippen LogP contribution < -0.4 is 18.9 Å². The Hall–Kier alpha value is -2.98. The van der Waals surface area contributed by atoms with Crippen LogP contribution in [0.2, 0.25) is 0 Å². The number of amides is 1. The Labute approximate surface area is 195 Å². The van der Waals surface area contributed by atoms with Crippen LogP contribution in [0.5, 0.6) is 23.0 Å². The van der Waals surface area contributed by atoms with E-state index in [2.05, 4.69) is 0 Å². The Morgan fingerprint density at radius 3 is 2.03 bits per heavy atom. The minimum absolute atomic E-state index is 0.103. The van der Waals surface area contributed by atoms with Crippen molar-refractivity contribution in [3.05, 3.63) is 41.5 Å². The highest BCUT2D eigenvalue weighted by molar-refractivity contribution is 7.89. The monoisotopic (exact) mass is 480 g/mol. The Morgan fingerprint density at radius 1 is 0.939 bits per heavy atom. The standard InChI is InChI=1S/C23H32N2O7S/c1-8-32-19-10-9-18(11-16(19)2)33(27,28)25(4)15-22(26)24(3)14-17-12-20(29-5)23(31-7)21(13-17)30-6/h9-13H,8,14-15H2,1-7H3. The van der Waals surface area contributed by atoms with Gasteiger partial charge in [-0.05, 0) is 55.3 Å². The van der Waals surface area contributed by atoms with Crippen molar-refractivity contribution in [1.29, 1.82) is 0 Å². The zero-order chi connectivity index (χ0) is 24.8. The number of rotatable bonds is 11. The summed E-state index contributed by atoms with van der Waals surface area (Å²) >= 11 is 0. The molecule has 9 nitrogen and oxygen atoms in total. The minimum Gasteiger partial charge on any atom is -0.494 e. The molecule has 0 saturated heterocycles. The summed E-state index contributed by atoms with van der Waals surface area (Å²) in [4.78, 5) is 14.3. The van der Waals surface area contributed by atoms with E-state index >= 15 is 0 Å². The van der Waals surface area contributed by atoms with Crippen molar-refractivity contribution < 1.29 is 32.2 Å². The lowest BCUT2D eigenvalue weighted by atomic mass is 10.1. The van der Waals surface area contributed by atoms with E-state index in [1.165, 1.54) is 39.3 Å². The second kappa shape index (κ2) is 11.2. The Balaban J connectivity index is 2.15. The van der Waals surface area contributed by atoms with Crippen molar-refractivity contribution in [2.45, 2.75) is 25.3 Å². The topological polar surface area (TPSA) is 94.6 Å². The summed E-state index contributed by atoms with van der Waals surface area (Å²) in [6, 6.07) is 8.13. The summed E-state index contributed by atoms with van der Waals surface area (Å²) in [6.07, 6.45) is 0. The van der Waals surface area contributed by atoms with Gasteiger partial charge in [0.15, 0.2) is 11.5 Å². The van der Waals surface area contributed by atoms with E-state index in [4.69, 9.17) is 18.9 Å². The summed E-state index contributed by atoms with van der Waals surface area (Å²) in [5.74, 6) is 1.66. The summed E-state index contributed by atoms with van der Waals surface area (Å²) < 4.78 is 48.5. The van der Waals surface area contributed by atoms with Crippen LogP contribution in [0.4, 0.5) is 0 Å². The van der Waals surface area contributed by atoms with E-state index in [1.807, 2.05) is 6.92 Å². The Kier molecular flexibility index (Phi) is 8.95. The van der Waals surface area contributed by atoms with Crippen molar-refractivity contribution in [1.82, 2.24) is 9.21 Å². The van der Waals surface area contributed by atoms with Gasteiger partial charge in [0.1, 0.15) is 5.75 Å². The lowest BCUT2D eigenvalue weighted by molar-refractivity contribution is -0.130. The third-order valence-corrected chi connectivity index (χ3v) is 6.88. The molecule has 0 fully saturated rings. The fourth-order valence-electron chi connectivity index (χ4n) is 3.26. The van der Waals surface area contributed by atoms with Gasteiger partial charge in [0.25, 0.3) is 0 Å². The summed E-state index contributed by atoms with van der Waals surface area (Å²) in [7, 11) is 3.67. The van der Waals surface area contributed by atoms with Gasteiger partial charge in [0, 0.05) is 20.6 Å². The molecule has 10 heteroatoms. The average molecular weight is 481 g/mol.